The van der Waals surface area contributed by atoms with Gasteiger partial charge in [-0.05, 0) is 60.4 Å². The molecule has 1 unspecified atom stereocenters. The van der Waals surface area contributed by atoms with E-state index in [0.29, 0.717) is 12.4 Å². The molecular formula is C27H36FN3O2SSi. The molecule has 0 saturated carbocycles. The summed E-state index contributed by atoms with van der Waals surface area (Å²) >= 11 is 1.96. The van der Waals surface area contributed by atoms with E-state index in [9.17, 15) is 4.39 Å². The minimum Gasteiger partial charge on any atom is -0.496 e. The molecule has 35 heavy (non-hydrogen) atoms. The van der Waals surface area contributed by atoms with Gasteiger partial charge >= 0.3 is 0 Å². The number of thioether (sulfide) groups is 1. The first-order chi connectivity index (χ1) is 16.4. The van der Waals surface area contributed by atoms with E-state index >= 15 is 0 Å². The van der Waals surface area contributed by atoms with Crippen LogP contribution < -0.4 is 4.74 Å². The average Bonchev–Trinajstić information content (AvgIpc) is 3.10. The number of halogens is 1. The zero-order valence-corrected chi connectivity index (χ0v) is 23.6. The number of aromatic nitrogens is 3. The highest BCUT2D eigenvalue weighted by molar-refractivity contribution is 8.00. The largest absolute Gasteiger partial charge is 0.496 e. The molecule has 8 heteroatoms. The summed E-state index contributed by atoms with van der Waals surface area (Å²) in [6.07, 6.45) is 0.795. The Morgan fingerprint density at radius 3 is 2.54 bits per heavy atom. The molecule has 188 valence electrons. The van der Waals surface area contributed by atoms with Crippen LogP contribution in [0.4, 0.5) is 4.39 Å². The van der Waals surface area contributed by atoms with E-state index in [1.807, 2.05) is 36.0 Å². The molecule has 0 radical (unpaired) electrons. The summed E-state index contributed by atoms with van der Waals surface area (Å²) < 4.78 is 28.3. The van der Waals surface area contributed by atoms with Crippen molar-refractivity contribution < 1.29 is 13.6 Å². The lowest BCUT2D eigenvalue weighted by molar-refractivity contribution is 0.252. The molecule has 5 nitrogen and oxygen atoms in total. The Hall–Kier alpha value is -2.16. The maximum absolute atomic E-state index is 13.7. The average molecular weight is 514 g/mol. The van der Waals surface area contributed by atoms with Crippen LogP contribution in [-0.2, 0) is 17.4 Å². The van der Waals surface area contributed by atoms with Crippen LogP contribution in [0.25, 0.3) is 22.5 Å². The molecule has 1 aliphatic rings. The lowest BCUT2D eigenvalue weighted by Gasteiger charge is -2.39. The van der Waals surface area contributed by atoms with Gasteiger partial charge in [0.05, 0.1) is 12.7 Å². The second-order valence-corrected chi connectivity index (χ2v) is 17.5. The van der Waals surface area contributed by atoms with Gasteiger partial charge in [-0.2, -0.15) is 11.8 Å². The van der Waals surface area contributed by atoms with Gasteiger partial charge in [-0.25, -0.2) is 4.39 Å². The van der Waals surface area contributed by atoms with E-state index in [-0.39, 0.29) is 15.6 Å². The molecule has 0 spiro atoms. The quantitative estimate of drug-likeness (QED) is 0.338. The van der Waals surface area contributed by atoms with Crippen LogP contribution in [0.1, 0.15) is 33.5 Å². The molecule has 0 aliphatic carbocycles. The minimum atomic E-state index is -1.84. The van der Waals surface area contributed by atoms with Crippen LogP contribution in [-0.4, -0.2) is 47.3 Å². The lowest BCUT2D eigenvalue weighted by Crippen LogP contribution is -2.45. The summed E-state index contributed by atoms with van der Waals surface area (Å²) in [6.45, 7) is 15.3. The predicted octanol–water partition coefficient (Wildman–Crippen LogP) is 6.83. The predicted molar refractivity (Wildman–Crippen MR) is 145 cm³/mol. The van der Waals surface area contributed by atoms with Crippen molar-refractivity contribution in [1.29, 1.82) is 0 Å². The van der Waals surface area contributed by atoms with Crippen LogP contribution in [0, 0.1) is 5.82 Å². The number of hydrogen-bond donors (Lipinski definition) is 0. The molecular weight excluding hydrogens is 477 g/mol. The number of fused-ring (bicyclic) bond motifs is 1. The molecule has 2 heterocycles. The summed E-state index contributed by atoms with van der Waals surface area (Å²) in [5.41, 5.74) is 2.59. The van der Waals surface area contributed by atoms with Crippen molar-refractivity contribution in [2.75, 3.05) is 19.5 Å². The lowest BCUT2D eigenvalue weighted by atomic mass is 10.0. The third-order valence-corrected chi connectivity index (χ3v) is 13.1. The number of rotatable bonds is 6. The molecule has 0 fully saturated rings. The first-order valence-corrected chi connectivity index (χ1v) is 16.0. The van der Waals surface area contributed by atoms with E-state index in [4.69, 9.17) is 9.16 Å². The maximum Gasteiger partial charge on any atom is 0.192 e. The van der Waals surface area contributed by atoms with Crippen LogP contribution in [0.15, 0.2) is 42.5 Å². The van der Waals surface area contributed by atoms with E-state index in [1.54, 1.807) is 13.2 Å². The number of hydrogen-bond acceptors (Lipinski definition) is 5. The number of ether oxygens (including phenoxy) is 1. The Bertz CT molecular complexity index is 1210. The molecule has 1 aliphatic heterocycles. The second-order valence-electron chi connectivity index (χ2n) is 11.0. The Morgan fingerprint density at radius 1 is 1.11 bits per heavy atom. The van der Waals surface area contributed by atoms with Gasteiger partial charge in [0.25, 0.3) is 0 Å². The Balaban J connectivity index is 1.61. The SMILES string of the molecule is COc1cc(-c2cccc(F)c2)ccc1-c1nnc2n1CCSC(C)(CO[Si](C)(C)C(C)(C)C)C2. The van der Waals surface area contributed by atoms with Crippen molar-refractivity contribution in [3.05, 3.63) is 54.1 Å². The standard InChI is InChI=1S/C27H36FN3O2SSi/c1-26(2,3)35(6,7)33-18-27(4)17-24-29-30-25(31(24)13-14-34-27)22-12-11-20(16-23(22)32-5)19-9-8-10-21(28)15-19/h8-12,15-16H,13-14,17-18H2,1-7H3. The Kier molecular flexibility index (Phi) is 7.19. The molecule has 1 atom stereocenters. The van der Waals surface area contributed by atoms with E-state index in [0.717, 1.165) is 47.1 Å². The van der Waals surface area contributed by atoms with Crippen molar-refractivity contribution >= 4 is 20.1 Å². The van der Waals surface area contributed by atoms with Gasteiger partial charge in [0, 0.05) is 30.1 Å². The summed E-state index contributed by atoms with van der Waals surface area (Å²) in [7, 11) is -0.185. The highest BCUT2D eigenvalue weighted by atomic mass is 32.2. The molecule has 3 aromatic rings. The molecule has 0 bridgehead atoms. The number of benzene rings is 2. The molecule has 2 aromatic carbocycles. The van der Waals surface area contributed by atoms with Crippen LogP contribution in [0.5, 0.6) is 5.75 Å². The van der Waals surface area contributed by atoms with E-state index in [1.165, 1.54) is 12.1 Å². The Labute approximate surface area is 213 Å². The van der Waals surface area contributed by atoms with Gasteiger partial charge < -0.3 is 13.7 Å². The summed E-state index contributed by atoms with van der Waals surface area (Å²) in [4.78, 5) is 0. The van der Waals surface area contributed by atoms with Crippen LogP contribution >= 0.6 is 11.8 Å². The highest BCUT2D eigenvalue weighted by Crippen LogP contribution is 2.41. The van der Waals surface area contributed by atoms with Crippen molar-refractivity contribution in [3.63, 3.8) is 0 Å². The highest BCUT2D eigenvalue weighted by Gasteiger charge is 2.40. The normalized spacial score (nSPS) is 18.7. The van der Waals surface area contributed by atoms with Crippen molar-refractivity contribution in [1.82, 2.24) is 14.8 Å². The fourth-order valence-corrected chi connectivity index (χ4v) is 6.39. The maximum atomic E-state index is 13.7. The summed E-state index contributed by atoms with van der Waals surface area (Å²) in [6, 6.07) is 12.5. The molecule has 0 amide bonds. The topological polar surface area (TPSA) is 49.2 Å². The number of nitrogens with zero attached hydrogens (tertiary/aromatic N) is 3. The van der Waals surface area contributed by atoms with Crippen molar-refractivity contribution in [2.24, 2.45) is 0 Å². The van der Waals surface area contributed by atoms with Gasteiger partial charge in [0.1, 0.15) is 17.4 Å². The zero-order chi connectivity index (χ0) is 25.4. The van der Waals surface area contributed by atoms with Gasteiger partial charge in [-0.3, -0.25) is 0 Å². The summed E-state index contributed by atoms with van der Waals surface area (Å²) in [5, 5.41) is 9.36. The minimum absolute atomic E-state index is 0.0562. The van der Waals surface area contributed by atoms with E-state index in [2.05, 4.69) is 55.6 Å². The van der Waals surface area contributed by atoms with Crippen LogP contribution in [0.3, 0.4) is 0 Å². The molecule has 0 saturated heterocycles. The fraction of sp³-hybridized carbons (Fsp3) is 0.481. The van der Waals surface area contributed by atoms with Gasteiger partial charge in [0.2, 0.25) is 0 Å². The number of methoxy groups -OCH3 is 1. The van der Waals surface area contributed by atoms with Gasteiger partial charge in [-0.15, -0.1) is 10.2 Å². The first kappa shape index (κ1) is 25.9. The molecule has 4 rings (SSSR count). The van der Waals surface area contributed by atoms with Crippen molar-refractivity contribution in [3.8, 4) is 28.3 Å². The fourth-order valence-electron chi connectivity index (χ4n) is 4.03. The van der Waals surface area contributed by atoms with E-state index < -0.39 is 8.32 Å². The molecule has 0 N–H and O–H groups in total. The smallest absolute Gasteiger partial charge is 0.192 e. The van der Waals surface area contributed by atoms with Crippen molar-refractivity contribution in [2.45, 2.75) is 63.5 Å². The zero-order valence-electron chi connectivity index (χ0n) is 21.8. The van der Waals surface area contributed by atoms with Gasteiger partial charge in [-0.1, -0.05) is 39.0 Å². The summed E-state index contributed by atoms with van der Waals surface area (Å²) in [5.74, 6) is 3.17. The monoisotopic (exact) mass is 513 g/mol. The Morgan fingerprint density at radius 2 is 1.86 bits per heavy atom. The second kappa shape index (κ2) is 9.71. The van der Waals surface area contributed by atoms with Gasteiger partial charge in [0.15, 0.2) is 14.1 Å². The molecule has 1 aromatic heterocycles. The third-order valence-electron chi connectivity index (χ3n) is 7.27. The third kappa shape index (κ3) is 5.49. The van der Waals surface area contributed by atoms with Crippen LogP contribution in [0.2, 0.25) is 18.1 Å². The first-order valence-electron chi connectivity index (χ1n) is 12.1.